The van der Waals surface area contributed by atoms with E-state index in [0.717, 1.165) is 11.3 Å². The molecule has 2 N–H and O–H groups in total. The summed E-state index contributed by atoms with van der Waals surface area (Å²) in [5.74, 6) is -2.05. The third-order valence-electron chi connectivity index (χ3n) is 4.67. The molecule has 1 heterocycles. The van der Waals surface area contributed by atoms with Crippen LogP contribution in [0.2, 0.25) is 5.02 Å². The number of piperidine rings is 1. The number of amides is 1. The van der Waals surface area contributed by atoms with Gasteiger partial charge in [0.05, 0.1) is 17.4 Å². The van der Waals surface area contributed by atoms with Gasteiger partial charge in [0, 0.05) is 31.0 Å². The summed E-state index contributed by atoms with van der Waals surface area (Å²) < 4.78 is 26.6. The summed E-state index contributed by atoms with van der Waals surface area (Å²) in [4.78, 5) is 17.1. The average Bonchev–Trinajstić information content (AvgIpc) is 2.67. The van der Waals surface area contributed by atoms with Crippen molar-refractivity contribution in [2.45, 2.75) is 33.3 Å². The SMILES string of the molecule is CC(C)C(CS(=O)(=O)N1CCC(=NOCc2ccc(Cl)cc2)CC1)C(=O)NO. The number of carbonyl (C=O) groups is 1. The zero-order valence-electron chi connectivity index (χ0n) is 16.0. The number of hydrogen-bond acceptors (Lipinski definition) is 6. The van der Waals surface area contributed by atoms with Crippen LogP contribution < -0.4 is 5.48 Å². The second kappa shape index (κ2) is 10.2. The van der Waals surface area contributed by atoms with Crippen molar-refractivity contribution in [1.82, 2.24) is 9.79 Å². The molecule has 1 amide bonds. The third kappa shape index (κ3) is 6.44. The lowest BCUT2D eigenvalue weighted by Crippen LogP contribution is -2.44. The van der Waals surface area contributed by atoms with Gasteiger partial charge in [0.15, 0.2) is 0 Å². The zero-order chi connectivity index (χ0) is 20.7. The molecule has 1 aromatic rings. The van der Waals surface area contributed by atoms with Crippen LogP contribution in [0.15, 0.2) is 29.4 Å². The van der Waals surface area contributed by atoms with Gasteiger partial charge in [0.2, 0.25) is 15.9 Å². The van der Waals surface area contributed by atoms with Gasteiger partial charge in [0.25, 0.3) is 0 Å². The lowest BCUT2D eigenvalue weighted by molar-refractivity contribution is -0.134. The van der Waals surface area contributed by atoms with Crippen LogP contribution in [0.1, 0.15) is 32.3 Å². The number of halogens is 1. The molecule has 0 spiro atoms. The van der Waals surface area contributed by atoms with Crippen molar-refractivity contribution in [1.29, 1.82) is 0 Å². The summed E-state index contributed by atoms with van der Waals surface area (Å²) in [5, 5.41) is 13.6. The van der Waals surface area contributed by atoms with E-state index >= 15 is 0 Å². The summed E-state index contributed by atoms with van der Waals surface area (Å²) in [7, 11) is -3.62. The minimum absolute atomic E-state index is 0.217. The minimum Gasteiger partial charge on any atom is -0.391 e. The number of hydrogen-bond donors (Lipinski definition) is 2. The van der Waals surface area contributed by atoms with E-state index in [1.54, 1.807) is 31.5 Å². The Morgan fingerprint density at radius 2 is 1.89 bits per heavy atom. The molecule has 156 valence electrons. The van der Waals surface area contributed by atoms with Gasteiger partial charge in [-0.25, -0.2) is 18.2 Å². The van der Waals surface area contributed by atoms with E-state index in [4.69, 9.17) is 21.6 Å². The number of rotatable bonds is 8. The highest BCUT2D eigenvalue weighted by Gasteiger charge is 2.33. The standard InChI is InChI=1S/C18H26ClN3O5S/c1-13(2)17(18(23)20-24)12-28(25,26)22-9-7-16(8-10-22)21-27-11-14-3-5-15(19)6-4-14/h3-6,13,17,24H,7-12H2,1-2H3,(H,20,23). The number of nitrogens with one attached hydrogen (secondary N) is 1. The van der Waals surface area contributed by atoms with Crippen molar-refractivity contribution < 1.29 is 23.3 Å². The molecule has 10 heteroatoms. The maximum atomic E-state index is 12.6. The third-order valence-corrected chi connectivity index (χ3v) is 6.86. The van der Waals surface area contributed by atoms with Crippen molar-refractivity contribution in [2.75, 3.05) is 18.8 Å². The van der Waals surface area contributed by atoms with Crippen LogP contribution in [0.4, 0.5) is 0 Å². The van der Waals surface area contributed by atoms with Crippen LogP contribution in [0, 0.1) is 11.8 Å². The summed E-state index contributed by atoms with van der Waals surface area (Å²) >= 11 is 5.84. The Bertz CT molecular complexity index is 786. The normalized spacial score (nSPS) is 16.7. The Balaban J connectivity index is 1.87. The monoisotopic (exact) mass is 431 g/mol. The molecule has 0 radical (unpaired) electrons. The fraction of sp³-hybridized carbons (Fsp3) is 0.556. The van der Waals surface area contributed by atoms with E-state index in [1.807, 2.05) is 12.1 Å². The summed E-state index contributed by atoms with van der Waals surface area (Å²) in [6.07, 6.45) is 0.941. The van der Waals surface area contributed by atoms with E-state index < -0.39 is 21.8 Å². The van der Waals surface area contributed by atoms with Gasteiger partial charge in [0.1, 0.15) is 6.61 Å². The molecule has 1 aromatic carbocycles. The van der Waals surface area contributed by atoms with Crippen LogP contribution in [-0.2, 0) is 26.3 Å². The molecule has 1 aliphatic rings. The van der Waals surface area contributed by atoms with Crippen LogP contribution in [0.3, 0.4) is 0 Å². The van der Waals surface area contributed by atoms with E-state index in [2.05, 4.69) is 5.16 Å². The number of carbonyl (C=O) groups excluding carboxylic acids is 1. The van der Waals surface area contributed by atoms with E-state index in [0.29, 0.717) is 24.5 Å². The van der Waals surface area contributed by atoms with Crippen molar-refractivity contribution in [3.05, 3.63) is 34.9 Å². The van der Waals surface area contributed by atoms with Gasteiger partial charge in [-0.3, -0.25) is 10.0 Å². The van der Waals surface area contributed by atoms with Crippen molar-refractivity contribution >= 4 is 33.2 Å². The molecule has 8 nitrogen and oxygen atoms in total. The lowest BCUT2D eigenvalue weighted by Gasteiger charge is -2.29. The van der Waals surface area contributed by atoms with Gasteiger partial charge in [-0.1, -0.05) is 42.7 Å². The minimum atomic E-state index is -3.62. The highest BCUT2D eigenvalue weighted by molar-refractivity contribution is 7.89. The molecule has 2 rings (SSSR count). The van der Waals surface area contributed by atoms with Crippen LogP contribution in [0.25, 0.3) is 0 Å². The van der Waals surface area contributed by atoms with Crippen molar-refractivity contribution in [3.8, 4) is 0 Å². The van der Waals surface area contributed by atoms with Gasteiger partial charge >= 0.3 is 0 Å². The second-order valence-electron chi connectivity index (χ2n) is 7.06. The highest BCUT2D eigenvalue weighted by Crippen LogP contribution is 2.19. The second-order valence-corrected chi connectivity index (χ2v) is 9.51. The van der Waals surface area contributed by atoms with Crippen molar-refractivity contribution in [3.63, 3.8) is 0 Å². The maximum Gasteiger partial charge on any atom is 0.247 e. The molecule has 1 aliphatic heterocycles. The van der Waals surface area contributed by atoms with Gasteiger partial charge < -0.3 is 4.84 Å². The fourth-order valence-electron chi connectivity index (χ4n) is 2.88. The smallest absolute Gasteiger partial charge is 0.247 e. The van der Waals surface area contributed by atoms with E-state index in [-0.39, 0.29) is 24.8 Å². The summed E-state index contributed by atoms with van der Waals surface area (Å²) in [6.45, 7) is 4.38. The van der Waals surface area contributed by atoms with E-state index in [1.165, 1.54) is 4.31 Å². The van der Waals surface area contributed by atoms with Crippen molar-refractivity contribution in [2.24, 2.45) is 17.0 Å². The Labute approximate surface area is 170 Å². The Hall–Kier alpha value is -1.68. The predicted octanol–water partition coefficient (Wildman–Crippen LogP) is 2.42. The number of oxime groups is 1. The Kier molecular flexibility index (Phi) is 8.23. The Morgan fingerprint density at radius 3 is 2.43 bits per heavy atom. The highest BCUT2D eigenvalue weighted by atomic mass is 35.5. The fourth-order valence-corrected chi connectivity index (χ4v) is 4.94. The molecule has 1 atom stereocenters. The number of benzene rings is 1. The van der Waals surface area contributed by atoms with Gasteiger partial charge in [-0.2, -0.15) is 0 Å². The maximum absolute atomic E-state index is 12.6. The number of sulfonamides is 1. The zero-order valence-corrected chi connectivity index (χ0v) is 17.5. The first-order chi connectivity index (χ1) is 13.2. The first-order valence-corrected chi connectivity index (χ1v) is 11.1. The number of hydroxylamine groups is 1. The quantitative estimate of drug-likeness (QED) is 0.485. The molecule has 0 aromatic heterocycles. The summed E-state index contributed by atoms with van der Waals surface area (Å²) in [6, 6.07) is 7.26. The molecule has 1 saturated heterocycles. The van der Waals surface area contributed by atoms with Crippen LogP contribution in [0.5, 0.6) is 0 Å². The topological polar surface area (TPSA) is 108 Å². The number of nitrogens with zero attached hydrogens (tertiary/aromatic N) is 2. The van der Waals surface area contributed by atoms with Gasteiger partial charge in [-0.15, -0.1) is 0 Å². The van der Waals surface area contributed by atoms with E-state index in [9.17, 15) is 13.2 Å². The first-order valence-electron chi connectivity index (χ1n) is 9.07. The van der Waals surface area contributed by atoms with Gasteiger partial charge in [-0.05, 0) is 23.6 Å². The van der Waals surface area contributed by atoms with Crippen LogP contribution >= 0.6 is 11.6 Å². The molecular weight excluding hydrogens is 406 g/mol. The molecule has 0 saturated carbocycles. The lowest BCUT2D eigenvalue weighted by atomic mass is 9.97. The largest absolute Gasteiger partial charge is 0.391 e. The average molecular weight is 432 g/mol. The predicted molar refractivity (Wildman–Crippen MR) is 107 cm³/mol. The molecular formula is C18H26ClN3O5S. The molecule has 0 bridgehead atoms. The van der Waals surface area contributed by atoms with Crippen LogP contribution in [-0.4, -0.2) is 48.4 Å². The molecule has 28 heavy (non-hydrogen) atoms. The Morgan fingerprint density at radius 1 is 1.29 bits per heavy atom. The summed E-state index contributed by atoms with van der Waals surface area (Å²) in [5.41, 5.74) is 3.29. The molecule has 0 aliphatic carbocycles. The molecule has 1 fully saturated rings. The molecule has 1 unspecified atom stereocenters. The first kappa shape index (κ1) is 22.6.